The monoisotopic (exact) mass is 352 g/mol. The van der Waals surface area contributed by atoms with E-state index in [-0.39, 0.29) is 11.5 Å². The van der Waals surface area contributed by atoms with Gasteiger partial charge in [0.25, 0.3) is 0 Å². The van der Waals surface area contributed by atoms with Gasteiger partial charge in [-0.25, -0.2) is 4.79 Å². The molecule has 1 N–H and O–H groups in total. The van der Waals surface area contributed by atoms with Gasteiger partial charge in [-0.05, 0) is 51.0 Å². The highest BCUT2D eigenvalue weighted by Gasteiger charge is 2.46. The number of anilines is 1. The van der Waals surface area contributed by atoms with Crippen molar-refractivity contribution in [2.45, 2.75) is 38.2 Å². The van der Waals surface area contributed by atoms with Gasteiger partial charge >= 0.3 is 6.09 Å². The van der Waals surface area contributed by atoms with Crippen LogP contribution in [-0.4, -0.2) is 36.2 Å². The second-order valence-electron chi connectivity index (χ2n) is 6.98. The molecule has 1 saturated heterocycles. The topological polar surface area (TPSA) is 41.6 Å². The first-order valence-corrected chi connectivity index (χ1v) is 8.10. The van der Waals surface area contributed by atoms with Crippen molar-refractivity contribution in [3.05, 3.63) is 28.2 Å². The number of amides is 1. The summed E-state index contributed by atoms with van der Waals surface area (Å²) in [5.74, 6) is 0. The van der Waals surface area contributed by atoms with Gasteiger partial charge in [-0.2, -0.15) is 0 Å². The van der Waals surface area contributed by atoms with Crippen LogP contribution in [0.1, 0.15) is 32.8 Å². The third-order valence-corrected chi connectivity index (χ3v) is 4.67. The summed E-state index contributed by atoms with van der Waals surface area (Å²) in [5, 5.41) is 3.47. The van der Waals surface area contributed by atoms with Gasteiger partial charge in [-0.3, -0.25) is 0 Å². The minimum atomic E-state index is -0.443. The number of ether oxygens (including phenoxy) is 1. The number of carbonyl (C=O) groups is 1. The fourth-order valence-corrected chi connectivity index (χ4v) is 3.55. The summed E-state index contributed by atoms with van der Waals surface area (Å²) < 4.78 is 6.58. The van der Waals surface area contributed by atoms with Crippen LogP contribution >= 0.6 is 15.9 Å². The van der Waals surface area contributed by atoms with Crippen LogP contribution in [0, 0.1) is 0 Å². The van der Waals surface area contributed by atoms with E-state index in [0.29, 0.717) is 0 Å². The lowest BCUT2D eigenvalue weighted by Gasteiger charge is -2.27. The Kier molecular flexibility index (Phi) is 3.43. The van der Waals surface area contributed by atoms with Gasteiger partial charge in [-0.1, -0.05) is 15.9 Å². The molecule has 2 heterocycles. The molecule has 1 fully saturated rings. The molecule has 1 aromatic carbocycles. The van der Waals surface area contributed by atoms with Gasteiger partial charge in [0.2, 0.25) is 0 Å². The van der Waals surface area contributed by atoms with Crippen molar-refractivity contribution in [1.82, 2.24) is 4.90 Å². The predicted octanol–water partition coefficient (Wildman–Crippen LogP) is 3.75. The number of fused-ring (bicyclic) bond motifs is 2. The molecule has 0 aliphatic carbocycles. The van der Waals surface area contributed by atoms with E-state index in [1.54, 1.807) is 0 Å². The Hall–Kier alpha value is -1.23. The summed E-state index contributed by atoms with van der Waals surface area (Å²) >= 11 is 3.55. The van der Waals surface area contributed by atoms with Crippen molar-refractivity contribution >= 4 is 27.7 Å². The van der Waals surface area contributed by atoms with Crippen molar-refractivity contribution < 1.29 is 9.53 Å². The van der Waals surface area contributed by atoms with Crippen LogP contribution in [0.3, 0.4) is 0 Å². The lowest BCUT2D eigenvalue weighted by molar-refractivity contribution is 0.0285. The average molecular weight is 353 g/mol. The van der Waals surface area contributed by atoms with E-state index < -0.39 is 5.60 Å². The number of hydrogen-bond donors (Lipinski definition) is 1. The number of rotatable bonds is 0. The lowest BCUT2D eigenvalue weighted by Crippen LogP contribution is -2.38. The van der Waals surface area contributed by atoms with Crippen LogP contribution in [0.5, 0.6) is 0 Å². The SMILES string of the molecule is CC(C)(C)OC(=O)N1CCC2(CNc3ccc(Br)cc32)C1. The summed E-state index contributed by atoms with van der Waals surface area (Å²) in [4.78, 5) is 14.1. The number of likely N-dealkylation sites (tertiary alicyclic amines) is 1. The minimum absolute atomic E-state index is 0.0238. The lowest BCUT2D eigenvalue weighted by atomic mass is 9.82. The van der Waals surface area contributed by atoms with Gasteiger partial charge in [0.05, 0.1) is 0 Å². The highest BCUT2D eigenvalue weighted by molar-refractivity contribution is 9.10. The Labute approximate surface area is 134 Å². The van der Waals surface area contributed by atoms with Gasteiger partial charge < -0.3 is 15.0 Å². The molecule has 0 aromatic heterocycles. The van der Waals surface area contributed by atoms with Crippen LogP contribution in [0.2, 0.25) is 0 Å². The zero-order valence-electron chi connectivity index (χ0n) is 12.7. The van der Waals surface area contributed by atoms with E-state index in [0.717, 1.165) is 30.5 Å². The maximum Gasteiger partial charge on any atom is 0.410 e. The van der Waals surface area contributed by atoms with Crippen LogP contribution in [-0.2, 0) is 10.2 Å². The molecule has 1 atom stereocenters. The Morgan fingerprint density at radius 3 is 2.90 bits per heavy atom. The largest absolute Gasteiger partial charge is 0.444 e. The Balaban J connectivity index is 1.79. The van der Waals surface area contributed by atoms with Crippen molar-refractivity contribution in [2.24, 2.45) is 0 Å². The molecule has 1 unspecified atom stereocenters. The minimum Gasteiger partial charge on any atom is -0.444 e. The maximum absolute atomic E-state index is 12.3. The van der Waals surface area contributed by atoms with E-state index in [4.69, 9.17) is 4.74 Å². The summed E-state index contributed by atoms with van der Waals surface area (Å²) in [6.07, 6.45) is 0.769. The highest BCUT2D eigenvalue weighted by atomic mass is 79.9. The summed E-state index contributed by atoms with van der Waals surface area (Å²) in [6, 6.07) is 6.32. The van der Waals surface area contributed by atoms with Crippen molar-refractivity contribution in [3.8, 4) is 0 Å². The first-order valence-electron chi connectivity index (χ1n) is 7.31. The van der Waals surface area contributed by atoms with Crippen molar-refractivity contribution in [1.29, 1.82) is 0 Å². The summed E-state index contributed by atoms with van der Waals surface area (Å²) in [5.41, 5.74) is 2.07. The number of nitrogens with one attached hydrogen (secondary N) is 1. The number of nitrogens with zero attached hydrogens (tertiary/aromatic N) is 1. The van der Waals surface area contributed by atoms with E-state index in [2.05, 4.69) is 33.4 Å². The molecule has 2 aliphatic heterocycles. The quantitative estimate of drug-likeness (QED) is 0.772. The zero-order valence-corrected chi connectivity index (χ0v) is 14.3. The third kappa shape index (κ3) is 2.76. The second-order valence-corrected chi connectivity index (χ2v) is 7.89. The zero-order chi connectivity index (χ0) is 15.3. The number of carbonyl (C=O) groups excluding carboxylic acids is 1. The van der Waals surface area contributed by atoms with Crippen LogP contribution in [0.4, 0.5) is 10.5 Å². The van der Waals surface area contributed by atoms with Crippen LogP contribution in [0.15, 0.2) is 22.7 Å². The van der Waals surface area contributed by atoms with E-state index in [1.165, 1.54) is 11.3 Å². The highest BCUT2D eigenvalue weighted by Crippen LogP contribution is 2.44. The van der Waals surface area contributed by atoms with Crippen molar-refractivity contribution in [3.63, 3.8) is 0 Å². The molecule has 0 radical (unpaired) electrons. The molecule has 3 rings (SSSR count). The van der Waals surface area contributed by atoms with E-state index in [1.807, 2.05) is 31.7 Å². The molecule has 0 saturated carbocycles. The molecule has 2 aliphatic rings. The van der Waals surface area contributed by atoms with Crippen molar-refractivity contribution in [2.75, 3.05) is 25.0 Å². The van der Waals surface area contributed by atoms with Gasteiger partial charge in [0.1, 0.15) is 5.60 Å². The van der Waals surface area contributed by atoms with Crippen LogP contribution in [0.25, 0.3) is 0 Å². The first kappa shape index (κ1) is 14.7. The Morgan fingerprint density at radius 1 is 1.43 bits per heavy atom. The molecule has 21 heavy (non-hydrogen) atoms. The predicted molar refractivity (Wildman–Crippen MR) is 86.7 cm³/mol. The molecule has 0 bridgehead atoms. The fourth-order valence-electron chi connectivity index (χ4n) is 3.19. The molecular formula is C16H21BrN2O2. The third-order valence-electron chi connectivity index (χ3n) is 4.18. The summed E-state index contributed by atoms with van der Waals surface area (Å²) in [7, 11) is 0. The molecule has 1 aromatic rings. The maximum atomic E-state index is 12.3. The molecular weight excluding hydrogens is 332 g/mol. The smallest absolute Gasteiger partial charge is 0.410 e. The molecule has 4 nitrogen and oxygen atoms in total. The van der Waals surface area contributed by atoms with Gasteiger partial charge in [-0.15, -0.1) is 0 Å². The second kappa shape index (κ2) is 4.90. The van der Waals surface area contributed by atoms with Gasteiger partial charge in [0, 0.05) is 35.2 Å². The number of benzene rings is 1. The van der Waals surface area contributed by atoms with Crippen LogP contribution < -0.4 is 5.32 Å². The molecule has 1 amide bonds. The number of halogens is 1. The van der Waals surface area contributed by atoms with E-state index >= 15 is 0 Å². The van der Waals surface area contributed by atoms with E-state index in [9.17, 15) is 4.79 Å². The van der Waals surface area contributed by atoms with Gasteiger partial charge in [0.15, 0.2) is 0 Å². The summed E-state index contributed by atoms with van der Waals surface area (Å²) in [6.45, 7) is 8.07. The standard InChI is InChI=1S/C16H21BrN2O2/c1-15(2,3)21-14(20)19-7-6-16(10-19)9-18-13-5-4-11(17)8-12(13)16/h4-5,8,18H,6-7,9-10H2,1-3H3. The Morgan fingerprint density at radius 2 is 2.19 bits per heavy atom. The molecule has 5 heteroatoms. The first-order chi connectivity index (χ1) is 9.79. The molecule has 1 spiro atoms. The average Bonchev–Trinajstić information content (AvgIpc) is 2.95. The Bertz CT molecular complexity index is 582. The molecule has 114 valence electrons. The fraction of sp³-hybridized carbons (Fsp3) is 0.562. The number of hydrogen-bond acceptors (Lipinski definition) is 3. The normalized spacial score (nSPS) is 24.1.